The molecular formula is C10H11BrN2O2. The predicted octanol–water partition coefficient (Wildman–Crippen LogP) is 2.12. The molecule has 0 aliphatic heterocycles. The van der Waals surface area contributed by atoms with E-state index in [4.69, 9.17) is 4.74 Å². The van der Waals surface area contributed by atoms with Gasteiger partial charge in [0.05, 0.1) is 11.9 Å². The van der Waals surface area contributed by atoms with Gasteiger partial charge >= 0.3 is 0 Å². The van der Waals surface area contributed by atoms with Crippen molar-refractivity contribution in [1.29, 1.82) is 0 Å². The Morgan fingerprint density at radius 1 is 1.67 bits per heavy atom. The molecule has 0 spiro atoms. The van der Waals surface area contributed by atoms with Gasteiger partial charge in [-0.05, 0) is 19.1 Å². The van der Waals surface area contributed by atoms with Gasteiger partial charge in [0, 0.05) is 17.3 Å². The molecule has 0 saturated carbocycles. The van der Waals surface area contributed by atoms with E-state index in [-0.39, 0.29) is 0 Å². The van der Waals surface area contributed by atoms with Gasteiger partial charge < -0.3 is 9.84 Å². The van der Waals surface area contributed by atoms with E-state index in [2.05, 4.69) is 20.9 Å². The Hall–Kier alpha value is -0.910. The highest BCUT2D eigenvalue weighted by Gasteiger charge is 2.12. The number of aliphatic hydroxyl groups excluding tert-OH is 1. The van der Waals surface area contributed by atoms with Crippen molar-refractivity contribution < 1.29 is 9.84 Å². The molecule has 0 bridgehead atoms. The minimum absolute atomic E-state index is 0.463. The molecule has 0 saturated heterocycles. The van der Waals surface area contributed by atoms with E-state index >= 15 is 0 Å². The minimum Gasteiger partial charge on any atom is -0.363 e. The van der Waals surface area contributed by atoms with E-state index in [1.165, 1.54) is 0 Å². The molecule has 1 atom stereocenters. The molecule has 4 nitrogen and oxygen atoms in total. The predicted molar refractivity (Wildman–Crippen MR) is 59.5 cm³/mol. The summed E-state index contributed by atoms with van der Waals surface area (Å²) in [7, 11) is 0. The maximum Gasteiger partial charge on any atom is 0.198 e. The van der Waals surface area contributed by atoms with E-state index in [0.29, 0.717) is 12.3 Å². The third-order valence-corrected chi connectivity index (χ3v) is 2.57. The zero-order valence-electron chi connectivity index (χ0n) is 8.22. The number of hydrogen-bond acceptors (Lipinski definition) is 3. The Labute approximate surface area is 95.6 Å². The van der Waals surface area contributed by atoms with Gasteiger partial charge in [0.15, 0.2) is 6.29 Å². The van der Waals surface area contributed by atoms with Crippen LogP contribution >= 0.6 is 15.9 Å². The molecule has 2 aromatic rings. The minimum atomic E-state index is -0.925. The quantitative estimate of drug-likeness (QED) is 0.870. The van der Waals surface area contributed by atoms with Crippen LogP contribution < -0.4 is 0 Å². The van der Waals surface area contributed by atoms with Crippen LogP contribution in [-0.2, 0) is 4.74 Å². The van der Waals surface area contributed by atoms with Gasteiger partial charge in [0.25, 0.3) is 0 Å². The van der Waals surface area contributed by atoms with E-state index < -0.39 is 6.29 Å². The Balaban J connectivity index is 2.44. The molecule has 2 heterocycles. The van der Waals surface area contributed by atoms with Gasteiger partial charge in [-0.1, -0.05) is 15.9 Å². The smallest absolute Gasteiger partial charge is 0.198 e. The first-order chi connectivity index (χ1) is 7.22. The zero-order valence-corrected chi connectivity index (χ0v) is 9.81. The van der Waals surface area contributed by atoms with Crippen molar-refractivity contribution in [3.05, 3.63) is 34.7 Å². The van der Waals surface area contributed by atoms with Gasteiger partial charge in [-0.3, -0.25) is 4.40 Å². The van der Waals surface area contributed by atoms with E-state index in [9.17, 15) is 5.11 Å². The number of hydrogen-bond donors (Lipinski definition) is 1. The SMILES string of the molecule is CCOC(O)c1cnc2cc(Br)ccn12. The fourth-order valence-corrected chi connectivity index (χ4v) is 1.72. The number of imidazole rings is 1. The van der Waals surface area contributed by atoms with E-state index in [1.54, 1.807) is 10.6 Å². The maximum absolute atomic E-state index is 9.68. The first kappa shape index (κ1) is 10.6. The van der Waals surface area contributed by atoms with E-state index in [0.717, 1.165) is 10.1 Å². The fraction of sp³-hybridized carbons (Fsp3) is 0.300. The van der Waals surface area contributed by atoms with Crippen LogP contribution in [0.3, 0.4) is 0 Å². The van der Waals surface area contributed by atoms with Gasteiger partial charge in [0.2, 0.25) is 0 Å². The number of aromatic nitrogens is 2. The van der Waals surface area contributed by atoms with Crippen molar-refractivity contribution in [3.63, 3.8) is 0 Å². The summed E-state index contributed by atoms with van der Waals surface area (Å²) in [4.78, 5) is 4.18. The largest absolute Gasteiger partial charge is 0.363 e. The number of aliphatic hydroxyl groups is 1. The van der Waals surface area contributed by atoms with E-state index in [1.807, 2.05) is 25.3 Å². The number of nitrogens with zero attached hydrogens (tertiary/aromatic N) is 2. The van der Waals surface area contributed by atoms with Crippen molar-refractivity contribution in [2.45, 2.75) is 13.2 Å². The molecule has 1 N–H and O–H groups in total. The van der Waals surface area contributed by atoms with Gasteiger partial charge in [-0.25, -0.2) is 4.98 Å². The summed E-state index contributed by atoms with van der Waals surface area (Å²) in [5, 5.41) is 9.68. The van der Waals surface area contributed by atoms with Crippen LogP contribution in [0.1, 0.15) is 18.9 Å². The monoisotopic (exact) mass is 270 g/mol. The summed E-state index contributed by atoms with van der Waals surface area (Å²) in [5.41, 5.74) is 1.41. The number of ether oxygens (including phenoxy) is 1. The molecule has 0 fully saturated rings. The lowest BCUT2D eigenvalue weighted by atomic mass is 10.4. The lowest BCUT2D eigenvalue weighted by molar-refractivity contribution is -0.101. The second-order valence-electron chi connectivity index (χ2n) is 3.06. The molecule has 0 aliphatic carbocycles. The van der Waals surface area contributed by atoms with Crippen LogP contribution in [0.15, 0.2) is 29.0 Å². The fourth-order valence-electron chi connectivity index (χ4n) is 1.40. The molecule has 0 amide bonds. The molecular weight excluding hydrogens is 260 g/mol. The Kier molecular flexibility index (Phi) is 3.04. The third-order valence-electron chi connectivity index (χ3n) is 2.08. The highest BCUT2D eigenvalue weighted by molar-refractivity contribution is 9.10. The molecule has 15 heavy (non-hydrogen) atoms. The van der Waals surface area contributed by atoms with Crippen LogP contribution in [0, 0.1) is 0 Å². The second-order valence-corrected chi connectivity index (χ2v) is 3.98. The zero-order chi connectivity index (χ0) is 10.8. The summed E-state index contributed by atoms with van der Waals surface area (Å²) in [6.07, 6.45) is 2.53. The summed E-state index contributed by atoms with van der Waals surface area (Å²) in [6, 6.07) is 3.76. The highest BCUT2D eigenvalue weighted by atomic mass is 79.9. The van der Waals surface area contributed by atoms with Gasteiger partial charge in [-0.15, -0.1) is 0 Å². The third kappa shape index (κ3) is 2.04. The molecule has 0 aliphatic rings. The highest BCUT2D eigenvalue weighted by Crippen LogP contribution is 2.19. The summed E-state index contributed by atoms with van der Waals surface area (Å²) in [5.74, 6) is 0. The topological polar surface area (TPSA) is 46.8 Å². The Bertz CT molecular complexity index is 469. The first-order valence-electron chi connectivity index (χ1n) is 4.64. The van der Waals surface area contributed by atoms with Crippen LogP contribution in [0.4, 0.5) is 0 Å². The van der Waals surface area contributed by atoms with Crippen molar-refractivity contribution in [2.24, 2.45) is 0 Å². The van der Waals surface area contributed by atoms with Crippen molar-refractivity contribution in [1.82, 2.24) is 9.38 Å². The molecule has 80 valence electrons. The Morgan fingerprint density at radius 2 is 2.47 bits per heavy atom. The average molecular weight is 271 g/mol. The summed E-state index contributed by atoms with van der Waals surface area (Å²) >= 11 is 3.36. The lowest BCUT2D eigenvalue weighted by Crippen LogP contribution is -2.05. The second kappa shape index (κ2) is 4.30. The van der Waals surface area contributed by atoms with Gasteiger partial charge in [0.1, 0.15) is 5.65 Å². The number of fused-ring (bicyclic) bond motifs is 1. The number of pyridine rings is 1. The standard InChI is InChI=1S/C10H11BrN2O2/c1-2-15-10(14)8-6-12-9-5-7(11)3-4-13(8)9/h3-6,10,14H,2H2,1H3. The normalized spacial score (nSPS) is 13.3. The summed E-state index contributed by atoms with van der Waals surface area (Å²) < 4.78 is 7.86. The van der Waals surface area contributed by atoms with Crippen LogP contribution in [0.2, 0.25) is 0 Å². The molecule has 2 rings (SSSR count). The molecule has 5 heteroatoms. The van der Waals surface area contributed by atoms with Crippen molar-refractivity contribution in [3.8, 4) is 0 Å². The molecule has 1 unspecified atom stereocenters. The number of halogens is 1. The van der Waals surface area contributed by atoms with Crippen LogP contribution in [0.5, 0.6) is 0 Å². The van der Waals surface area contributed by atoms with Crippen molar-refractivity contribution in [2.75, 3.05) is 6.61 Å². The first-order valence-corrected chi connectivity index (χ1v) is 5.44. The lowest BCUT2D eigenvalue weighted by Gasteiger charge is -2.09. The summed E-state index contributed by atoms with van der Waals surface area (Å²) in [6.45, 7) is 2.30. The molecule has 2 aromatic heterocycles. The molecule has 0 aromatic carbocycles. The molecule has 0 radical (unpaired) electrons. The number of rotatable bonds is 3. The Morgan fingerprint density at radius 3 is 3.20 bits per heavy atom. The van der Waals surface area contributed by atoms with Crippen molar-refractivity contribution >= 4 is 21.6 Å². The van der Waals surface area contributed by atoms with Crippen LogP contribution in [-0.4, -0.2) is 21.1 Å². The van der Waals surface area contributed by atoms with Crippen LogP contribution in [0.25, 0.3) is 5.65 Å². The average Bonchev–Trinajstić information content (AvgIpc) is 2.60. The van der Waals surface area contributed by atoms with Gasteiger partial charge in [-0.2, -0.15) is 0 Å². The maximum atomic E-state index is 9.68.